The molecule has 42 heavy (non-hydrogen) atoms. The fourth-order valence-electron chi connectivity index (χ4n) is 4.67. The molecular weight excluding hydrogens is 562 g/mol. The van der Waals surface area contributed by atoms with E-state index in [1.165, 1.54) is 25.2 Å². The molecule has 0 aliphatic heterocycles. The van der Waals surface area contributed by atoms with Crippen molar-refractivity contribution < 1.29 is 27.9 Å². The monoisotopic (exact) mass is 606 g/mol. The minimum absolute atomic E-state index is 0.0182. The molecule has 0 unspecified atom stereocenters. The standard InChI is InChI=1S/C31H44F2N4O4S/c1-6-9-37(10-7-2)30(39)22-12-20(3)13-23(17-22)31(40)41-28(19-36-27(8-11-42-5)29(38)35-4)26(34)16-21-14-24(32)18-25(33)15-21/h12-15,17-18,26-28,36H,6-11,16,19,34H2,1-5H3,(H,35,38)/t26-,27-,28+/m0/s1. The Balaban J connectivity index is 2.34. The van der Waals surface area contributed by atoms with Gasteiger partial charge in [0.1, 0.15) is 17.7 Å². The molecule has 0 aliphatic rings. The highest BCUT2D eigenvalue weighted by Crippen LogP contribution is 2.17. The number of amides is 2. The lowest BCUT2D eigenvalue weighted by molar-refractivity contribution is -0.122. The van der Waals surface area contributed by atoms with Crippen LogP contribution < -0.4 is 16.4 Å². The molecule has 2 aromatic rings. The van der Waals surface area contributed by atoms with Crippen LogP contribution in [0.2, 0.25) is 0 Å². The molecule has 0 radical (unpaired) electrons. The van der Waals surface area contributed by atoms with Crippen LogP contribution in [0.15, 0.2) is 36.4 Å². The van der Waals surface area contributed by atoms with Gasteiger partial charge in [0.2, 0.25) is 5.91 Å². The van der Waals surface area contributed by atoms with Crippen LogP contribution in [0, 0.1) is 18.6 Å². The molecule has 0 saturated carbocycles. The molecule has 2 aromatic carbocycles. The Kier molecular flexibility index (Phi) is 14.9. The number of nitrogens with one attached hydrogen (secondary N) is 2. The van der Waals surface area contributed by atoms with Gasteiger partial charge in [-0.15, -0.1) is 0 Å². The highest BCUT2D eigenvalue weighted by molar-refractivity contribution is 7.98. The predicted molar refractivity (Wildman–Crippen MR) is 164 cm³/mol. The van der Waals surface area contributed by atoms with Gasteiger partial charge in [0, 0.05) is 44.4 Å². The summed E-state index contributed by atoms with van der Waals surface area (Å²) in [5, 5.41) is 5.77. The Bertz CT molecular complexity index is 1170. The van der Waals surface area contributed by atoms with E-state index < -0.39 is 35.8 Å². The van der Waals surface area contributed by atoms with Crippen molar-refractivity contribution in [1.29, 1.82) is 0 Å². The maximum absolute atomic E-state index is 13.8. The second kappa shape index (κ2) is 17.8. The van der Waals surface area contributed by atoms with E-state index in [0.29, 0.717) is 36.2 Å². The Morgan fingerprint density at radius 1 is 1.00 bits per heavy atom. The minimum Gasteiger partial charge on any atom is -0.456 e. The molecule has 0 bridgehead atoms. The molecule has 232 valence electrons. The first kappa shape index (κ1) is 35.2. The number of carbonyl (C=O) groups excluding carboxylic acids is 3. The van der Waals surface area contributed by atoms with Gasteiger partial charge in [-0.25, -0.2) is 13.6 Å². The minimum atomic E-state index is -0.957. The zero-order valence-electron chi connectivity index (χ0n) is 25.2. The molecule has 3 atom stereocenters. The summed E-state index contributed by atoms with van der Waals surface area (Å²) in [6.07, 6.45) is 3.14. The SMILES string of the molecule is CCCN(CCC)C(=O)c1cc(C)cc(C(=O)O[C@H](CN[C@@H](CCSC)C(=O)NC)[C@@H](N)Cc2cc(F)cc(F)c2)c1. The number of esters is 1. The molecule has 0 aliphatic carbocycles. The molecule has 0 spiro atoms. The van der Waals surface area contributed by atoms with Crippen LogP contribution in [0.4, 0.5) is 8.78 Å². The maximum atomic E-state index is 13.8. The summed E-state index contributed by atoms with van der Waals surface area (Å²) in [5.41, 5.74) is 8.05. The first-order valence-corrected chi connectivity index (χ1v) is 15.7. The van der Waals surface area contributed by atoms with Crippen LogP contribution in [-0.2, 0) is 16.0 Å². The lowest BCUT2D eigenvalue weighted by Gasteiger charge is -2.27. The molecule has 2 amide bonds. The van der Waals surface area contributed by atoms with E-state index in [4.69, 9.17) is 10.5 Å². The van der Waals surface area contributed by atoms with Crippen LogP contribution in [-0.4, -0.2) is 79.6 Å². The normalized spacial score (nSPS) is 13.2. The molecule has 11 heteroatoms. The Morgan fingerprint density at radius 3 is 2.19 bits per heavy atom. The third-order valence-electron chi connectivity index (χ3n) is 6.70. The van der Waals surface area contributed by atoms with Crippen molar-refractivity contribution in [1.82, 2.24) is 15.5 Å². The summed E-state index contributed by atoms with van der Waals surface area (Å²) in [6.45, 7) is 7.02. The van der Waals surface area contributed by atoms with Crippen LogP contribution >= 0.6 is 11.8 Å². The maximum Gasteiger partial charge on any atom is 0.338 e. The molecule has 0 saturated heterocycles. The Morgan fingerprint density at radius 2 is 1.62 bits per heavy atom. The number of hydrogen-bond acceptors (Lipinski definition) is 7. The summed E-state index contributed by atoms with van der Waals surface area (Å²) in [4.78, 5) is 40.9. The van der Waals surface area contributed by atoms with Crippen LogP contribution in [0.5, 0.6) is 0 Å². The fraction of sp³-hybridized carbons (Fsp3) is 0.516. The summed E-state index contributed by atoms with van der Waals surface area (Å²) >= 11 is 1.59. The number of rotatable bonds is 17. The zero-order chi connectivity index (χ0) is 31.2. The number of hydrogen-bond donors (Lipinski definition) is 3. The Labute approximate surface area is 252 Å². The van der Waals surface area contributed by atoms with Gasteiger partial charge in [-0.1, -0.05) is 13.8 Å². The molecule has 2 rings (SSSR count). The second-order valence-corrected chi connectivity index (χ2v) is 11.3. The van der Waals surface area contributed by atoms with Crippen LogP contribution in [0.3, 0.4) is 0 Å². The number of nitrogens with zero attached hydrogens (tertiary/aromatic N) is 1. The number of carbonyl (C=O) groups is 3. The van der Waals surface area contributed by atoms with Crippen molar-refractivity contribution in [2.45, 2.75) is 64.6 Å². The number of benzene rings is 2. The molecule has 0 aromatic heterocycles. The third kappa shape index (κ3) is 11.0. The van der Waals surface area contributed by atoms with Gasteiger partial charge < -0.3 is 26.0 Å². The Hall–Kier alpha value is -3.02. The fourth-order valence-corrected chi connectivity index (χ4v) is 5.15. The van der Waals surface area contributed by atoms with Gasteiger partial charge in [0.25, 0.3) is 5.91 Å². The van der Waals surface area contributed by atoms with Crippen molar-refractivity contribution in [3.05, 3.63) is 70.3 Å². The average Bonchev–Trinajstić information content (AvgIpc) is 2.94. The lowest BCUT2D eigenvalue weighted by Crippen LogP contribution is -2.51. The summed E-state index contributed by atoms with van der Waals surface area (Å²) < 4.78 is 33.6. The summed E-state index contributed by atoms with van der Waals surface area (Å²) in [6, 6.07) is 6.59. The van der Waals surface area contributed by atoms with Crippen molar-refractivity contribution in [2.75, 3.05) is 38.7 Å². The van der Waals surface area contributed by atoms with E-state index in [9.17, 15) is 23.2 Å². The number of nitrogens with two attached hydrogens (primary N) is 1. The number of ether oxygens (including phenoxy) is 1. The van der Waals surface area contributed by atoms with Gasteiger partial charge >= 0.3 is 5.97 Å². The van der Waals surface area contributed by atoms with Crippen molar-refractivity contribution in [3.63, 3.8) is 0 Å². The molecular formula is C31H44F2N4O4S. The third-order valence-corrected chi connectivity index (χ3v) is 7.35. The smallest absolute Gasteiger partial charge is 0.338 e. The van der Waals surface area contributed by atoms with Gasteiger partial charge in [-0.2, -0.15) is 11.8 Å². The van der Waals surface area contributed by atoms with Crippen molar-refractivity contribution in [2.24, 2.45) is 5.73 Å². The number of likely N-dealkylation sites (N-methyl/N-ethyl adjacent to an activating group) is 1. The number of halogens is 2. The van der Waals surface area contributed by atoms with Gasteiger partial charge in [0.05, 0.1) is 11.6 Å². The van der Waals surface area contributed by atoms with E-state index in [0.717, 1.165) is 24.7 Å². The van der Waals surface area contributed by atoms with Gasteiger partial charge in [-0.3, -0.25) is 9.59 Å². The van der Waals surface area contributed by atoms with Crippen LogP contribution in [0.1, 0.15) is 65.0 Å². The summed E-state index contributed by atoms with van der Waals surface area (Å²) in [7, 11) is 1.54. The first-order chi connectivity index (χ1) is 20.0. The molecule has 0 heterocycles. The number of thioether (sulfide) groups is 1. The lowest BCUT2D eigenvalue weighted by atomic mass is 10.0. The van der Waals surface area contributed by atoms with Gasteiger partial charge in [-0.05, 0) is 86.1 Å². The van der Waals surface area contributed by atoms with E-state index >= 15 is 0 Å². The average molecular weight is 607 g/mol. The number of aryl methyl sites for hydroxylation is 1. The van der Waals surface area contributed by atoms with E-state index in [2.05, 4.69) is 10.6 Å². The largest absolute Gasteiger partial charge is 0.456 e. The van der Waals surface area contributed by atoms with E-state index in [1.54, 1.807) is 35.7 Å². The van der Waals surface area contributed by atoms with Gasteiger partial charge in [0.15, 0.2) is 0 Å². The van der Waals surface area contributed by atoms with Crippen molar-refractivity contribution >= 4 is 29.5 Å². The van der Waals surface area contributed by atoms with E-state index in [-0.39, 0.29) is 30.3 Å². The quantitative estimate of drug-likeness (QED) is 0.233. The van der Waals surface area contributed by atoms with Crippen LogP contribution in [0.25, 0.3) is 0 Å². The summed E-state index contributed by atoms with van der Waals surface area (Å²) in [5.74, 6) is -1.84. The zero-order valence-corrected chi connectivity index (χ0v) is 26.0. The van der Waals surface area contributed by atoms with E-state index in [1.807, 2.05) is 20.1 Å². The molecule has 0 fully saturated rings. The first-order valence-electron chi connectivity index (χ1n) is 14.3. The predicted octanol–water partition coefficient (Wildman–Crippen LogP) is 4.09. The highest BCUT2D eigenvalue weighted by Gasteiger charge is 2.27. The van der Waals surface area contributed by atoms with Crippen molar-refractivity contribution in [3.8, 4) is 0 Å². The molecule has 4 N–H and O–H groups in total. The molecule has 8 nitrogen and oxygen atoms in total. The highest BCUT2D eigenvalue weighted by atomic mass is 32.2. The second-order valence-electron chi connectivity index (χ2n) is 10.3. The topological polar surface area (TPSA) is 114 Å².